The summed E-state index contributed by atoms with van der Waals surface area (Å²) in [7, 11) is 0. The zero-order valence-electron chi connectivity index (χ0n) is 8.46. The lowest BCUT2D eigenvalue weighted by Crippen LogP contribution is -1.97. The Balaban J connectivity index is 2.32. The molecule has 0 fully saturated rings. The minimum Gasteiger partial charge on any atom is -0.508 e. The van der Waals surface area contributed by atoms with Crippen molar-refractivity contribution in [3.8, 4) is 23.4 Å². The molecule has 84 valence electrons. The molecule has 17 heavy (non-hydrogen) atoms. The van der Waals surface area contributed by atoms with Crippen LogP contribution in [0.1, 0.15) is 5.69 Å². The highest BCUT2D eigenvalue weighted by Gasteiger charge is 2.09. The Morgan fingerprint density at radius 2 is 2.00 bits per heavy atom. The number of hydrogen-bond donors (Lipinski definition) is 1. The largest absolute Gasteiger partial charge is 0.508 e. The van der Waals surface area contributed by atoms with Crippen molar-refractivity contribution < 1.29 is 14.2 Å². The molecular formula is C11H6FN3O2. The fourth-order valence-electron chi connectivity index (χ4n) is 1.13. The Kier molecular flexibility index (Phi) is 2.83. The van der Waals surface area contributed by atoms with Crippen molar-refractivity contribution in [2.45, 2.75) is 0 Å². The van der Waals surface area contributed by atoms with Crippen LogP contribution in [0.15, 0.2) is 30.5 Å². The van der Waals surface area contributed by atoms with Crippen molar-refractivity contribution in [2.75, 3.05) is 0 Å². The smallest absolute Gasteiger partial charge is 0.259 e. The Morgan fingerprint density at radius 3 is 2.65 bits per heavy atom. The number of nitriles is 1. The van der Waals surface area contributed by atoms with Gasteiger partial charge in [-0.2, -0.15) is 14.6 Å². The third-order valence-corrected chi connectivity index (χ3v) is 1.87. The van der Waals surface area contributed by atoms with E-state index in [1.807, 2.05) is 0 Å². The first-order chi connectivity index (χ1) is 8.19. The number of ether oxygens (including phenoxy) is 1. The fraction of sp³-hybridized carbons (Fsp3) is 0. The molecule has 0 unspecified atom stereocenters. The average molecular weight is 231 g/mol. The standard InChI is InChI=1S/C11H6FN3O2/c12-10-6-14-9(5-13)11(15-10)17-8-3-1-7(16)2-4-8/h1-4,6,16H. The molecule has 2 aromatic rings. The summed E-state index contributed by atoms with van der Waals surface area (Å²) >= 11 is 0. The van der Waals surface area contributed by atoms with Crippen LogP contribution in [0.5, 0.6) is 17.4 Å². The predicted molar refractivity (Wildman–Crippen MR) is 54.9 cm³/mol. The lowest BCUT2D eigenvalue weighted by molar-refractivity contribution is 0.435. The van der Waals surface area contributed by atoms with Crippen LogP contribution in [0.25, 0.3) is 0 Å². The summed E-state index contributed by atoms with van der Waals surface area (Å²) in [6, 6.07) is 7.46. The zero-order chi connectivity index (χ0) is 12.3. The molecule has 0 saturated carbocycles. The maximum absolute atomic E-state index is 12.8. The van der Waals surface area contributed by atoms with Crippen molar-refractivity contribution in [1.82, 2.24) is 9.97 Å². The fourth-order valence-corrected chi connectivity index (χ4v) is 1.13. The molecule has 0 bridgehead atoms. The number of hydrogen-bond acceptors (Lipinski definition) is 5. The summed E-state index contributed by atoms with van der Waals surface area (Å²) in [6.45, 7) is 0. The lowest BCUT2D eigenvalue weighted by atomic mass is 10.3. The molecular weight excluding hydrogens is 225 g/mol. The molecule has 0 saturated heterocycles. The summed E-state index contributed by atoms with van der Waals surface area (Å²) in [5.74, 6) is -0.654. The summed E-state index contributed by atoms with van der Waals surface area (Å²) < 4.78 is 18.0. The van der Waals surface area contributed by atoms with Crippen LogP contribution < -0.4 is 4.74 Å². The van der Waals surface area contributed by atoms with E-state index in [2.05, 4.69) is 9.97 Å². The third kappa shape index (κ3) is 2.46. The summed E-state index contributed by atoms with van der Waals surface area (Å²) in [6.07, 6.45) is 0.836. The summed E-state index contributed by atoms with van der Waals surface area (Å²) in [4.78, 5) is 6.96. The second-order valence-corrected chi connectivity index (χ2v) is 3.05. The quantitative estimate of drug-likeness (QED) is 0.854. The molecule has 1 N–H and O–H groups in total. The van der Waals surface area contributed by atoms with Gasteiger partial charge in [0.2, 0.25) is 11.6 Å². The van der Waals surface area contributed by atoms with E-state index >= 15 is 0 Å². The minimum absolute atomic E-state index is 0.0724. The maximum atomic E-state index is 12.8. The lowest BCUT2D eigenvalue weighted by Gasteiger charge is -2.05. The van der Waals surface area contributed by atoms with Crippen LogP contribution in [0.3, 0.4) is 0 Å². The Labute approximate surface area is 95.8 Å². The minimum atomic E-state index is -0.835. The SMILES string of the molecule is N#Cc1ncc(F)nc1Oc1ccc(O)cc1. The van der Waals surface area contributed by atoms with Crippen molar-refractivity contribution >= 4 is 0 Å². The van der Waals surface area contributed by atoms with E-state index in [0.29, 0.717) is 5.75 Å². The number of nitrogens with zero attached hydrogens (tertiary/aromatic N) is 3. The average Bonchev–Trinajstić information content (AvgIpc) is 2.32. The van der Waals surface area contributed by atoms with Gasteiger partial charge < -0.3 is 9.84 Å². The van der Waals surface area contributed by atoms with Gasteiger partial charge in [0, 0.05) is 0 Å². The normalized spacial score (nSPS) is 9.65. The molecule has 0 aliphatic carbocycles. The zero-order valence-corrected chi connectivity index (χ0v) is 8.46. The molecule has 6 heteroatoms. The molecule has 1 aromatic carbocycles. The Hall–Kier alpha value is -2.68. The van der Waals surface area contributed by atoms with Gasteiger partial charge in [0.1, 0.15) is 17.6 Å². The first kappa shape index (κ1) is 10.8. The molecule has 2 rings (SSSR count). The molecule has 0 spiro atoms. The van der Waals surface area contributed by atoms with Gasteiger partial charge in [-0.15, -0.1) is 0 Å². The number of halogens is 1. The van der Waals surface area contributed by atoms with Gasteiger partial charge in [0.15, 0.2) is 0 Å². The van der Waals surface area contributed by atoms with Gasteiger partial charge in [-0.3, -0.25) is 0 Å². The summed E-state index contributed by atoms with van der Waals surface area (Å²) in [5.41, 5.74) is -0.112. The number of rotatable bonds is 2. The first-order valence-corrected chi connectivity index (χ1v) is 4.58. The van der Waals surface area contributed by atoms with Crippen LogP contribution in [0.4, 0.5) is 4.39 Å². The Bertz CT molecular complexity index is 578. The maximum Gasteiger partial charge on any atom is 0.259 e. The summed E-state index contributed by atoms with van der Waals surface area (Å²) in [5, 5.41) is 17.8. The van der Waals surface area contributed by atoms with E-state index in [4.69, 9.17) is 15.1 Å². The van der Waals surface area contributed by atoms with Crippen molar-refractivity contribution in [3.05, 3.63) is 42.1 Å². The third-order valence-electron chi connectivity index (χ3n) is 1.87. The molecule has 0 atom stereocenters. The topological polar surface area (TPSA) is 79.0 Å². The number of benzene rings is 1. The molecule has 0 aliphatic heterocycles. The molecule has 1 heterocycles. The Morgan fingerprint density at radius 1 is 1.29 bits per heavy atom. The highest BCUT2D eigenvalue weighted by Crippen LogP contribution is 2.23. The molecule has 0 amide bonds. The number of phenolic OH excluding ortho intramolecular Hbond substituents is 1. The van der Waals surface area contributed by atoms with Crippen LogP contribution in [0.2, 0.25) is 0 Å². The van der Waals surface area contributed by atoms with Gasteiger partial charge >= 0.3 is 0 Å². The van der Waals surface area contributed by atoms with Crippen LogP contribution in [0, 0.1) is 17.3 Å². The van der Waals surface area contributed by atoms with E-state index in [0.717, 1.165) is 6.20 Å². The second kappa shape index (κ2) is 4.45. The predicted octanol–water partition coefficient (Wildman–Crippen LogP) is 1.99. The number of aromatic nitrogens is 2. The molecule has 1 aromatic heterocycles. The first-order valence-electron chi connectivity index (χ1n) is 4.58. The van der Waals surface area contributed by atoms with E-state index in [-0.39, 0.29) is 17.3 Å². The van der Waals surface area contributed by atoms with Crippen LogP contribution in [-0.4, -0.2) is 15.1 Å². The van der Waals surface area contributed by atoms with Gasteiger partial charge in [0.25, 0.3) is 5.88 Å². The molecule has 5 nitrogen and oxygen atoms in total. The van der Waals surface area contributed by atoms with E-state index in [1.54, 1.807) is 6.07 Å². The van der Waals surface area contributed by atoms with Crippen molar-refractivity contribution in [3.63, 3.8) is 0 Å². The van der Waals surface area contributed by atoms with Gasteiger partial charge in [-0.05, 0) is 24.3 Å². The van der Waals surface area contributed by atoms with Crippen molar-refractivity contribution in [1.29, 1.82) is 5.26 Å². The van der Waals surface area contributed by atoms with Gasteiger partial charge in [-0.1, -0.05) is 0 Å². The number of aromatic hydroxyl groups is 1. The van der Waals surface area contributed by atoms with Gasteiger partial charge in [0.05, 0.1) is 6.20 Å². The molecule has 0 radical (unpaired) electrons. The van der Waals surface area contributed by atoms with E-state index in [9.17, 15) is 4.39 Å². The van der Waals surface area contributed by atoms with Crippen LogP contribution in [-0.2, 0) is 0 Å². The highest BCUT2D eigenvalue weighted by molar-refractivity contribution is 5.37. The van der Waals surface area contributed by atoms with Gasteiger partial charge in [-0.25, -0.2) is 4.98 Å². The second-order valence-electron chi connectivity index (χ2n) is 3.05. The van der Waals surface area contributed by atoms with Crippen LogP contribution >= 0.6 is 0 Å². The monoisotopic (exact) mass is 231 g/mol. The number of phenols is 1. The highest BCUT2D eigenvalue weighted by atomic mass is 19.1. The van der Waals surface area contributed by atoms with E-state index < -0.39 is 5.95 Å². The van der Waals surface area contributed by atoms with Crippen molar-refractivity contribution in [2.24, 2.45) is 0 Å². The van der Waals surface area contributed by atoms with E-state index in [1.165, 1.54) is 24.3 Å². The molecule has 0 aliphatic rings.